The molecule has 0 spiro atoms. The number of carbonyl (C=O) groups excluding carboxylic acids is 1. The van der Waals surface area contributed by atoms with Gasteiger partial charge < -0.3 is 30.5 Å². The van der Waals surface area contributed by atoms with E-state index >= 15 is 0 Å². The minimum atomic E-state index is -4.68. The van der Waals surface area contributed by atoms with Gasteiger partial charge in [-0.3, -0.25) is 4.79 Å². The lowest BCUT2D eigenvalue weighted by Gasteiger charge is -2.25. The molecule has 0 saturated heterocycles. The average molecular weight is 671 g/mol. The van der Waals surface area contributed by atoms with Crippen molar-refractivity contribution in [2.75, 3.05) is 61.7 Å². The van der Waals surface area contributed by atoms with Crippen molar-refractivity contribution < 1.29 is 31.1 Å². The Morgan fingerprint density at radius 3 is 2.40 bits per heavy atom. The molecule has 12 nitrogen and oxygen atoms in total. The van der Waals surface area contributed by atoms with E-state index in [0.29, 0.717) is 13.1 Å². The number of sulfone groups is 1. The molecule has 0 aliphatic heterocycles. The molecule has 0 radical (unpaired) electrons. The summed E-state index contributed by atoms with van der Waals surface area (Å²) in [5.41, 5.74) is 0.232. The summed E-state index contributed by atoms with van der Waals surface area (Å²) in [6, 6.07) is 7.51. The standard InChI is InChI=1S/C28H34ClF3N8O4S/c1-7-23(41)34-20-14-21(26(44-16-28(30,31)32)38-25(20)40(6)13-12-39(4)5)36-27-33-15-18(29)24(37-27)35-19-10-8-9-11-22(19)45(42,43)17(2)3/h7-11,14-15,17H,1,12-13,16H2,2-6H3,(H,34,41)(H2,33,35,36,37). The number of hydrogen-bond donors (Lipinski definition) is 3. The Labute approximate surface area is 264 Å². The summed E-state index contributed by atoms with van der Waals surface area (Å²) >= 11 is 6.32. The highest BCUT2D eigenvalue weighted by Gasteiger charge is 2.30. The fourth-order valence-electron chi connectivity index (χ4n) is 3.69. The van der Waals surface area contributed by atoms with E-state index in [1.54, 1.807) is 37.9 Å². The maximum atomic E-state index is 13.2. The van der Waals surface area contributed by atoms with Gasteiger partial charge in [0.2, 0.25) is 17.7 Å². The Balaban J connectivity index is 2.08. The number of nitrogens with one attached hydrogen (secondary N) is 3. The maximum Gasteiger partial charge on any atom is 0.422 e. The Morgan fingerprint density at radius 1 is 1.09 bits per heavy atom. The molecule has 3 N–H and O–H groups in total. The molecular weight excluding hydrogens is 637 g/mol. The van der Waals surface area contributed by atoms with Crippen molar-refractivity contribution in [3.05, 3.63) is 54.2 Å². The minimum Gasteiger partial charge on any atom is -0.466 e. The van der Waals surface area contributed by atoms with Crippen LogP contribution in [-0.2, 0) is 14.6 Å². The summed E-state index contributed by atoms with van der Waals surface area (Å²) in [6.07, 6.45) is -2.43. The van der Waals surface area contributed by atoms with Crippen LogP contribution in [0.4, 0.5) is 47.8 Å². The van der Waals surface area contributed by atoms with Crippen molar-refractivity contribution in [2.45, 2.75) is 30.2 Å². The van der Waals surface area contributed by atoms with Crippen molar-refractivity contribution in [2.24, 2.45) is 0 Å². The predicted molar refractivity (Wildman–Crippen MR) is 169 cm³/mol. The van der Waals surface area contributed by atoms with Crippen molar-refractivity contribution in [1.29, 1.82) is 0 Å². The number of pyridine rings is 1. The lowest BCUT2D eigenvalue weighted by molar-refractivity contribution is -0.153. The van der Waals surface area contributed by atoms with Crippen molar-refractivity contribution in [1.82, 2.24) is 19.9 Å². The first-order chi connectivity index (χ1) is 21.0. The van der Waals surface area contributed by atoms with Crippen LogP contribution in [0.25, 0.3) is 0 Å². The summed E-state index contributed by atoms with van der Waals surface area (Å²) < 4.78 is 70.5. The fourth-order valence-corrected chi connectivity index (χ4v) is 5.03. The van der Waals surface area contributed by atoms with Crippen LogP contribution in [0.5, 0.6) is 5.88 Å². The lowest BCUT2D eigenvalue weighted by atomic mass is 10.3. The van der Waals surface area contributed by atoms with Gasteiger partial charge in [-0.15, -0.1) is 0 Å². The zero-order valence-electron chi connectivity index (χ0n) is 25.2. The molecule has 2 aromatic heterocycles. The van der Waals surface area contributed by atoms with E-state index in [2.05, 4.69) is 37.5 Å². The second kappa shape index (κ2) is 14.8. The Morgan fingerprint density at radius 2 is 1.78 bits per heavy atom. The highest BCUT2D eigenvalue weighted by atomic mass is 35.5. The topological polar surface area (TPSA) is 142 Å². The highest BCUT2D eigenvalue weighted by molar-refractivity contribution is 7.92. The smallest absolute Gasteiger partial charge is 0.422 e. The number of ether oxygens (including phenoxy) is 1. The van der Waals surface area contributed by atoms with E-state index in [9.17, 15) is 26.4 Å². The number of rotatable bonds is 14. The average Bonchev–Trinajstić information content (AvgIpc) is 2.96. The Hall–Kier alpha value is -4.15. The van der Waals surface area contributed by atoms with Gasteiger partial charge in [0, 0.05) is 20.1 Å². The van der Waals surface area contributed by atoms with Gasteiger partial charge in [0.25, 0.3) is 0 Å². The fraction of sp³-hybridized carbons (Fsp3) is 0.357. The maximum absolute atomic E-state index is 13.2. The molecule has 2 heterocycles. The van der Waals surface area contributed by atoms with Gasteiger partial charge in [0.05, 0.1) is 27.7 Å². The van der Waals surface area contributed by atoms with Gasteiger partial charge in [-0.1, -0.05) is 30.3 Å². The number of benzene rings is 1. The number of carbonyl (C=O) groups is 1. The second-order valence-corrected chi connectivity index (χ2v) is 13.1. The van der Waals surface area contributed by atoms with Crippen LogP contribution in [0.3, 0.4) is 0 Å². The van der Waals surface area contributed by atoms with E-state index < -0.39 is 39.7 Å². The third kappa shape index (κ3) is 9.67. The number of halogens is 4. The van der Waals surface area contributed by atoms with Crippen LogP contribution >= 0.6 is 11.6 Å². The van der Waals surface area contributed by atoms with E-state index in [0.717, 1.165) is 6.08 Å². The van der Waals surface area contributed by atoms with E-state index in [4.69, 9.17) is 16.3 Å². The number of anilines is 6. The third-order valence-corrected chi connectivity index (χ3v) is 8.57. The van der Waals surface area contributed by atoms with Crippen LogP contribution < -0.4 is 25.6 Å². The highest BCUT2D eigenvalue weighted by Crippen LogP contribution is 2.36. The van der Waals surface area contributed by atoms with Crippen LogP contribution in [-0.4, -0.2) is 86.4 Å². The summed E-state index contributed by atoms with van der Waals surface area (Å²) in [4.78, 5) is 28.5. The molecule has 244 valence electrons. The van der Waals surface area contributed by atoms with Crippen LogP contribution in [0.2, 0.25) is 5.02 Å². The molecular formula is C28H34ClF3N8O4S. The number of hydrogen-bond acceptors (Lipinski definition) is 11. The quantitative estimate of drug-likeness (QED) is 0.194. The molecule has 0 aliphatic carbocycles. The van der Waals surface area contributed by atoms with E-state index in [1.807, 2.05) is 19.0 Å². The zero-order valence-corrected chi connectivity index (χ0v) is 26.8. The van der Waals surface area contributed by atoms with Gasteiger partial charge >= 0.3 is 6.18 Å². The SMILES string of the molecule is C=CC(=O)Nc1cc(Nc2ncc(Cl)c(Nc3ccccc3S(=O)(=O)C(C)C)n2)c(OCC(F)(F)F)nc1N(C)CCN(C)C. The number of aromatic nitrogens is 3. The van der Waals surface area contributed by atoms with Gasteiger partial charge in [0.1, 0.15) is 10.7 Å². The molecule has 45 heavy (non-hydrogen) atoms. The van der Waals surface area contributed by atoms with Gasteiger partial charge in [-0.05, 0) is 52.2 Å². The minimum absolute atomic E-state index is 0.00603. The first kappa shape index (κ1) is 35.3. The first-order valence-electron chi connectivity index (χ1n) is 13.4. The molecule has 17 heteroatoms. The van der Waals surface area contributed by atoms with Gasteiger partial charge in [-0.2, -0.15) is 23.1 Å². The Kier molecular flexibility index (Phi) is 11.6. The molecule has 0 bridgehead atoms. The monoisotopic (exact) mass is 670 g/mol. The summed E-state index contributed by atoms with van der Waals surface area (Å²) in [6.45, 7) is 5.87. The van der Waals surface area contributed by atoms with E-state index in [1.165, 1.54) is 24.4 Å². The van der Waals surface area contributed by atoms with Crippen LogP contribution in [0, 0.1) is 0 Å². The molecule has 0 aliphatic rings. The molecule has 0 unspecified atom stereocenters. The number of para-hydroxylation sites is 1. The summed E-state index contributed by atoms with van der Waals surface area (Å²) in [5, 5.41) is 7.61. The van der Waals surface area contributed by atoms with Gasteiger partial charge in [-0.25, -0.2) is 13.4 Å². The van der Waals surface area contributed by atoms with Crippen LogP contribution in [0.15, 0.2) is 54.1 Å². The second-order valence-electron chi connectivity index (χ2n) is 10.3. The molecule has 0 atom stereocenters. The molecule has 3 rings (SSSR count). The first-order valence-corrected chi connectivity index (χ1v) is 15.4. The molecule has 1 amide bonds. The number of amides is 1. The Bertz CT molecular complexity index is 1640. The number of nitrogens with zero attached hydrogens (tertiary/aromatic N) is 5. The summed E-state index contributed by atoms with van der Waals surface area (Å²) in [7, 11) is 1.67. The zero-order chi connectivity index (χ0) is 33.5. The molecule has 1 aromatic carbocycles. The molecule has 3 aromatic rings. The van der Waals surface area contributed by atoms with Crippen molar-refractivity contribution in [3.8, 4) is 5.88 Å². The predicted octanol–water partition coefficient (Wildman–Crippen LogP) is 5.26. The lowest BCUT2D eigenvalue weighted by Crippen LogP contribution is -2.30. The normalized spacial score (nSPS) is 11.8. The van der Waals surface area contributed by atoms with Crippen LogP contribution in [0.1, 0.15) is 13.8 Å². The molecule has 0 saturated carbocycles. The van der Waals surface area contributed by atoms with Gasteiger partial charge in [0.15, 0.2) is 28.1 Å². The van der Waals surface area contributed by atoms with Crippen molar-refractivity contribution in [3.63, 3.8) is 0 Å². The van der Waals surface area contributed by atoms with E-state index in [-0.39, 0.29) is 44.6 Å². The van der Waals surface area contributed by atoms with Crippen molar-refractivity contribution >= 4 is 62.0 Å². The third-order valence-electron chi connectivity index (χ3n) is 6.09. The number of likely N-dealkylation sites (N-methyl/N-ethyl adjacent to an activating group) is 2. The molecule has 0 fully saturated rings. The largest absolute Gasteiger partial charge is 0.466 e. The summed E-state index contributed by atoms with van der Waals surface area (Å²) in [5.74, 6) is -1.04. The number of alkyl halides is 3.